The number of aryl methyl sites for hydroxylation is 1. The lowest BCUT2D eigenvalue weighted by molar-refractivity contribution is 0.273. The van der Waals surface area contributed by atoms with Gasteiger partial charge in [-0.3, -0.25) is 0 Å². The second-order valence-electron chi connectivity index (χ2n) is 6.95. The van der Waals surface area contributed by atoms with E-state index in [1.54, 1.807) is 0 Å². The van der Waals surface area contributed by atoms with Crippen molar-refractivity contribution in [1.29, 1.82) is 0 Å². The molecule has 0 saturated carbocycles. The highest BCUT2D eigenvalue weighted by molar-refractivity contribution is 5.36. The second-order valence-corrected chi connectivity index (χ2v) is 6.95. The highest BCUT2D eigenvalue weighted by Gasteiger charge is 2.25. The molecule has 0 spiro atoms. The molecule has 0 fully saturated rings. The van der Waals surface area contributed by atoms with E-state index in [1.807, 2.05) is 0 Å². The molecule has 1 nitrogen and oxygen atoms in total. The molecule has 0 aliphatic rings. The van der Waals surface area contributed by atoms with Crippen LogP contribution in [0.5, 0.6) is 0 Å². The van der Waals surface area contributed by atoms with Gasteiger partial charge in [0.2, 0.25) is 0 Å². The van der Waals surface area contributed by atoms with Crippen molar-refractivity contribution in [1.82, 2.24) is 5.32 Å². The molecule has 2 unspecified atom stereocenters. The highest BCUT2D eigenvalue weighted by atomic mass is 15.0. The number of nitrogens with one attached hydrogen (secondary N) is 1. The van der Waals surface area contributed by atoms with Crippen molar-refractivity contribution < 1.29 is 0 Å². The van der Waals surface area contributed by atoms with E-state index in [0.29, 0.717) is 6.04 Å². The molecule has 0 bridgehead atoms. The Morgan fingerprint density at radius 3 is 2.00 bits per heavy atom. The van der Waals surface area contributed by atoms with Gasteiger partial charge in [-0.05, 0) is 36.0 Å². The summed E-state index contributed by atoms with van der Waals surface area (Å²) in [4.78, 5) is 0. The maximum absolute atomic E-state index is 3.83. The van der Waals surface area contributed by atoms with Gasteiger partial charge < -0.3 is 5.32 Å². The average Bonchev–Trinajstić information content (AvgIpc) is 2.45. The molecule has 2 atom stereocenters. The summed E-state index contributed by atoms with van der Waals surface area (Å²) in [5, 5.41) is 3.83. The predicted molar refractivity (Wildman–Crippen MR) is 91.5 cm³/mol. The average molecular weight is 281 g/mol. The van der Waals surface area contributed by atoms with Crippen LogP contribution < -0.4 is 5.32 Å². The first-order valence-electron chi connectivity index (χ1n) is 7.76. The minimum Gasteiger partial charge on any atom is -0.303 e. The van der Waals surface area contributed by atoms with Gasteiger partial charge in [-0.15, -0.1) is 0 Å². The molecular formula is C20H27N. The number of hydrogen-bond acceptors (Lipinski definition) is 1. The normalized spacial score (nSPS) is 14.7. The first-order valence-corrected chi connectivity index (χ1v) is 7.76. The lowest BCUT2D eigenvalue weighted by Crippen LogP contribution is -2.40. The second kappa shape index (κ2) is 6.44. The van der Waals surface area contributed by atoms with Gasteiger partial charge in [0.05, 0.1) is 6.04 Å². The topological polar surface area (TPSA) is 12.0 Å². The first kappa shape index (κ1) is 15.8. The van der Waals surface area contributed by atoms with E-state index in [-0.39, 0.29) is 11.5 Å². The maximum Gasteiger partial charge on any atom is 0.0581 e. The van der Waals surface area contributed by atoms with Crippen molar-refractivity contribution in [2.24, 2.45) is 5.41 Å². The summed E-state index contributed by atoms with van der Waals surface area (Å²) >= 11 is 0. The zero-order chi connectivity index (χ0) is 15.5. The van der Waals surface area contributed by atoms with Crippen LogP contribution in [0.1, 0.15) is 50.4 Å². The highest BCUT2D eigenvalue weighted by Crippen LogP contribution is 2.28. The Bertz CT molecular complexity index is 566. The van der Waals surface area contributed by atoms with Crippen LogP contribution in [0.2, 0.25) is 0 Å². The molecular weight excluding hydrogens is 254 g/mol. The summed E-state index contributed by atoms with van der Waals surface area (Å²) in [5.74, 6) is 0. The quantitative estimate of drug-likeness (QED) is 0.821. The van der Waals surface area contributed by atoms with Crippen molar-refractivity contribution in [2.45, 2.75) is 46.7 Å². The Balaban J connectivity index is 2.39. The zero-order valence-electron chi connectivity index (χ0n) is 13.9. The molecule has 112 valence electrons. The third-order valence-corrected chi connectivity index (χ3v) is 4.35. The Hall–Kier alpha value is -1.60. The molecule has 1 heteroatoms. The van der Waals surface area contributed by atoms with Crippen LogP contribution in [0.25, 0.3) is 0 Å². The minimum absolute atomic E-state index is 0.232. The fraction of sp³-hybridized carbons (Fsp3) is 0.400. The largest absolute Gasteiger partial charge is 0.303 e. The van der Waals surface area contributed by atoms with Gasteiger partial charge in [0, 0.05) is 6.04 Å². The van der Waals surface area contributed by atoms with Crippen LogP contribution in [-0.4, -0.2) is 6.04 Å². The third-order valence-electron chi connectivity index (χ3n) is 4.35. The summed E-state index contributed by atoms with van der Waals surface area (Å²) in [7, 11) is 0. The van der Waals surface area contributed by atoms with Gasteiger partial charge in [0.1, 0.15) is 0 Å². The monoisotopic (exact) mass is 281 g/mol. The lowest BCUT2D eigenvalue weighted by atomic mass is 9.86. The van der Waals surface area contributed by atoms with Crippen LogP contribution in [0.3, 0.4) is 0 Å². The molecule has 0 aromatic heterocycles. The molecule has 1 N–H and O–H groups in total. The third kappa shape index (κ3) is 3.95. The standard InChI is InChI=1S/C20H27N/c1-15-11-9-10-14-18(15)19(17-12-7-6-8-13-17)21-16(2)20(3,4)5/h6-14,16,19,21H,1-5H3. The van der Waals surface area contributed by atoms with Gasteiger partial charge in [0.15, 0.2) is 0 Å². The van der Waals surface area contributed by atoms with Gasteiger partial charge in [-0.2, -0.15) is 0 Å². The maximum atomic E-state index is 3.83. The Kier molecular flexibility index (Phi) is 4.84. The molecule has 2 aromatic rings. The van der Waals surface area contributed by atoms with Crippen molar-refractivity contribution in [3.8, 4) is 0 Å². The van der Waals surface area contributed by atoms with E-state index >= 15 is 0 Å². The first-order chi connectivity index (χ1) is 9.89. The SMILES string of the molecule is Cc1ccccc1C(NC(C)C(C)(C)C)c1ccccc1. The van der Waals surface area contributed by atoms with Crippen molar-refractivity contribution in [3.05, 3.63) is 71.3 Å². The van der Waals surface area contributed by atoms with Crippen LogP contribution in [-0.2, 0) is 0 Å². The van der Waals surface area contributed by atoms with E-state index < -0.39 is 0 Å². The zero-order valence-corrected chi connectivity index (χ0v) is 13.9. The molecule has 2 rings (SSSR count). The van der Waals surface area contributed by atoms with E-state index in [9.17, 15) is 0 Å². The van der Waals surface area contributed by atoms with E-state index in [4.69, 9.17) is 0 Å². The van der Waals surface area contributed by atoms with Crippen LogP contribution in [0.4, 0.5) is 0 Å². The molecule has 0 aliphatic heterocycles. The van der Waals surface area contributed by atoms with Crippen LogP contribution in [0.15, 0.2) is 54.6 Å². The molecule has 0 radical (unpaired) electrons. The Morgan fingerprint density at radius 1 is 0.857 bits per heavy atom. The van der Waals surface area contributed by atoms with E-state index in [1.165, 1.54) is 16.7 Å². The van der Waals surface area contributed by atoms with E-state index in [0.717, 1.165) is 0 Å². The molecule has 21 heavy (non-hydrogen) atoms. The van der Waals surface area contributed by atoms with Crippen molar-refractivity contribution >= 4 is 0 Å². The molecule has 0 heterocycles. The Morgan fingerprint density at radius 2 is 1.43 bits per heavy atom. The lowest BCUT2D eigenvalue weighted by Gasteiger charge is -2.33. The number of rotatable bonds is 4. The van der Waals surface area contributed by atoms with Gasteiger partial charge in [-0.1, -0.05) is 75.4 Å². The number of benzene rings is 2. The molecule has 0 saturated heterocycles. The molecule has 2 aromatic carbocycles. The van der Waals surface area contributed by atoms with E-state index in [2.05, 4.69) is 94.5 Å². The van der Waals surface area contributed by atoms with Crippen LogP contribution in [0, 0.1) is 12.3 Å². The van der Waals surface area contributed by atoms with Crippen LogP contribution >= 0.6 is 0 Å². The fourth-order valence-corrected chi connectivity index (χ4v) is 2.42. The Labute approximate surface area is 129 Å². The minimum atomic E-state index is 0.232. The van der Waals surface area contributed by atoms with Crippen molar-refractivity contribution in [2.75, 3.05) is 0 Å². The smallest absolute Gasteiger partial charge is 0.0581 e. The van der Waals surface area contributed by atoms with Gasteiger partial charge in [0.25, 0.3) is 0 Å². The summed E-state index contributed by atoms with van der Waals surface area (Å²) in [6.07, 6.45) is 0. The summed E-state index contributed by atoms with van der Waals surface area (Å²) in [6, 6.07) is 20.0. The fourth-order valence-electron chi connectivity index (χ4n) is 2.42. The van der Waals surface area contributed by atoms with Crippen molar-refractivity contribution in [3.63, 3.8) is 0 Å². The number of hydrogen-bond donors (Lipinski definition) is 1. The summed E-state index contributed by atoms with van der Waals surface area (Å²) in [5.41, 5.74) is 4.25. The molecule has 0 amide bonds. The predicted octanol–water partition coefficient (Wildman–Crippen LogP) is 5.11. The van der Waals surface area contributed by atoms with Gasteiger partial charge in [-0.25, -0.2) is 0 Å². The molecule has 0 aliphatic carbocycles. The summed E-state index contributed by atoms with van der Waals surface area (Å²) in [6.45, 7) is 11.3. The van der Waals surface area contributed by atoms with Gasteiger partial charge >= 0.3 is 0 Å². The summed E-state index contributed by atoms with van der Waals surface area (Å²) < 4.78 is 0.